The molecule has 1 saturated carbocycles. The van der Waals surface area contributed by atoms with Crippen molar-refractivity contribution in [3.63, 3.8) is 0 Å². The van der Waals surface area contributed by atoms with Crippen LogP contribution in [-0.4, -0.2) is 35.2 Å². The van der Waals surface area contributed by atoms with Gasteiger partial charge in [0.05, 0.1) is 5.60 Å². The Balaban J connectivity index is 1.57. The van der Waals surface area contributed by atoms with Crippen LogP contribution in [0.1, 0.15) is 51.4 Å². The van der Waals surface area contributed by atoms with Crippen LogP contribution in [0.5, 0.6) is 0 Å². The summed E-state index contributed by atoms with van der Waals surface area (Å²) in [4.78, 5) is 2.56. The van der Waals surface area contributed by atoms with E-state index >= 15 is 0 Å². The van der Waals surface area contributed by atoms with Gasteiger partial charge in [0, 0.05) is 0 Å². The minimum absolute atomic E-state index is 0.254. The van der Waals surface area contributed by atoms with Crippen molar-refractivity contribution in [2.24, 2.45) is 0 Å². The zero-order chi connectivity index (χ0) is 9.86. The first-order chi connectivity index (χ1) is 6.79. The molecule has 0 aromatic rings. The molecule has 82 valence electrons. The van der Waals surface area contributed by atoms with Crippen molar-refractivity contribution in [1.29, 1.82) is 0 Å². The van der Waals surface area contributed by atoms with Crippen LogP contribution in [0, 0.1) is 0 Å². The van der Waals surface area contributed by atoms with Gasteiger partial charge in [-0.05, 0) is 64.6 Å². The lowest BCUT2D eigenvalue weighted by atomic mass is 9.77. The van der Waals surface area contributed by atoms with Gasteiger partial charge >= 0.3 is 0 Å². The average Bonchev–Trinajstić information content (AvgIpc) is 2.17. The third-order valence-electron chi connectivity index (χ3n) is 3.85. The van der Waals surface area contributed by atoms with Gasteiger partial charge in [0.2, 0.25) is 0 Å². The molecular formula is C12H23NO. The maximum Gasteiger partial charge on any atom is 0.0648 e. The fourth-order valence-corrected chi connectivity index (χ4v) is 2.65. The monoisotopic (exact) mass is 197 g/mol. The van der Waals surface area contributed by atoms with Crippen molar-refractivity contribution >= 4 is 0 Å². The maximum atomic E-state index is 9.92. The lowest BCUT2D eigenvalue weighted by molar-refractivity contribution is -0.0432. The minimum atomic E-state index is -0.254. The summed E-state index contributed by atoms with van der Waals surface area (Å²) in [5.74, 6) is 0. The lowest BCUT2D eigenvalue weighted by Crippen LogP contribution is -2.38. The van der Waals surface area contributed by atoms with Gasteiger partial charge in [-0.25, -0.2) is 0 Å². The van der Waals surface area contributed by atoms with E-state index in [0.717, 1.165) is 19.3 Å². The van der Waals surface area contributed by atoms with E-state index in [1.54, 1.807) is 0 Å². The van der Waals surface area contributed by atoms with Gasteiger partial charge in [0.15, 0.2) is 0 Å². The molecule has 1 aliphatic carbocycles. The third kappa shape index (κ3) is 2.71. The van der Waals surface area contributed by atoms with Crippen molar-refractivity contribution in [1.82, 2.24) is 4.90 Å². The third-order valence-corrected chi connectivity index (χ3v) is 3.85. The predicted molar refractivity (Wildman–Crippen MR) is 58.3 cm³/mol. The summed E-state index contributed by atoms with van der Waals surface area (Å²) in [7, 11) is 0. The molecule has 14 heavy (non-hydrogen) atoms. The lowest BCUT2D eigenvalue weighted by Gasteiger charge is -2.37. The van der Waals surface area contributed by atoms with E-state index in [1.807, 2.05) is 0 Å². The molecule has 2 heteroatoms. The Morgan fingerprint density at radius 2 is 1.71 bits per heavy atom. The zero-order valence-corrected chi connectivity index (χ0v) is 9.17. The van der Waals surface area contributed by atoms with Gasteiger partial charge in [-0.15, -0.1) is 0 Å². The standard InChI is InChI=1S/C12H23NO/c14-12(6-4-7-12)8-5-11-13-9-2-1-3-10-13/h14H,1-11H2. The van der Waals surface area contributed by atoms with Gasteiger partial charge in [0.1, 0.15) is 0 Å². The molecule has 1 aliphatic heterocycles. The van der Waals surface area contributed by atoms with E-state index in [9.17, 15) is 5.11 Å². The minimum Gasteiger partial charge on any atom is -0.390 e. The highest BCUT2D eigenvalue weighted by molar-refractivity contribution is 4.87. The quantitative estimate of drug-likeness (QED) is 0.746. The summed E-state index contributed by atoms with van der Waals surface area (Å²) < 4.78 is 0. The Hall–Kier alpha value is -0.0800. The molecule has 0 atom stereocenters. The van der Waals surface area contributed by atoms with Crippen LogP contribution < -0.4 is 0 Å². The SMILES string of the molecule is OC1(CCCN2CCCCC2)CCC1. The van der Waals surface area contributed by atoms with E-state index < -0.39 is 0 Å². The van der Waals surface area contributed by atoms with Gasteiger partial charge in [0.25, 0.3) is 0 Å². The molecule has 2 nitrogen and oxygen atoms in total. The summed E-state index contributed by atoms with van der Waals surface area (Å²) >= 11 is 0. The molecule has 0 spiro atoms. The van der Waals surface area contributed by atoms with E-state index in [-0.39, 0.29) is 5.60 Å². The van der Waals surface area contributed by atoms with Crippen LogP contribution in [0.4, 0.5) is 0 Å². The maximum absolute atomic E-state index is 9.92. The highest BCUT2D eigenvalue weighted by Gasteiger charge is 2.33. The fourth-order valence-electron chi connectivity index (χ4n) is 2.65. The summed E-state index contributed by atoms with van der Waals surface area (Å²) in [5.41, 5.74) is -0.254. The van der Waals surface area contributed by atoms with E-state index in [4.69, 9.17) is 0 Å². The van der Waals surface area contributed by atoms with Crippen molar-refractivity contribution < 1.29 is 5.11 Å². The Bertz CT molecular complexity index is 171. The van der Waals surface area contributed by atoms with Gasteiger partial charge in [-0.2, -0.15) is 0 Å². The first-order valence-electron chi connectivity index (χ1n) is 6.23. The summed E-state index contributed by atoms with van der Waals surface area (Å²) in [6, 6.07) is 0. The topological polar surface area (TPSA) is 23.5 Å². The molecule has 0 unspecified atom stereocenters. The van der Waals surface area contributed by atoms with Crippen molar-refractivity contribution in [3.05, 3.63) is 0 Å². The second kappa shape index (κ2) is 4.63. The van der Waals surface area contributed by atoms with Crippen LogP contribution >= 0.6 is 0 Å². The second-order valence-corrected chi connectivity index (χ2v) is 5.08. The van der Waals surface area contributed by atoms with Gasteiger partial charge < -0.3 is 10.0 Å². The molecule has 1 N–H and O–H groups in total. The van der Waals surface area contributed by atoms with Crippen LogP contribution in [0.15, 0.2) is 0 Å². The molecule has 2 fully saturated rings. The first kappa shape index (κ1) is 10.4. The predicted octanol–water partition coefficient (Wildman–Crippen LogP) is 2.17. The number of nitrogens with zero attached hydrogens (tertiary/aromatic N) is 1. The van der Waals surface area contributed by atoms with Gasteiger partial charge in [-0.1, -0.05) is 6.42 Å². The van der Waals surface area contributed by atoms with Crippen molar-refractivity contribution in [2.75, 3.05) is 19.6 Å². The molecule has 0 amide bonds. The number of likely N-dealkylation sites (tertiary alicyclic amines) is 1. The highest BCUT2D eigenvalue weighted by atomic mass is 16.3. The Morgan fingerprint density at radius 3 is 2.29 bits per heavy atom. The zero-order valence-electron chi connectivity index (χ0n) is 9.17. The van der Waals surface area contributed by atoms with Crippen LogP contribution in [0.3, 0.4) is 0 Å². The van der Waals surface area contributed by atoms with Crippen LogP contribution in [0.2, 0.25) is 0 Å². The van der Waals surface area contributed by atoms with Gasteiger partial charge in [-0.3, -0.25) is 0 Å². The summed E-state index contributed by atoms with van der Waals surface area (Å²) in [5, 5.41) is 9.92. The molecule has 0 aromatic carbocycles. The van der Waals surface area contributed by atoms with E-state index in [0.29, 0.717) is 0 Å². The fraction of sp³-hybridized carbons (Fsp3) is 1.00. The Morgan fingerprint density at radius 1 is 1.00 bits per heavy atom. The molecule has 1 saturated heterocycles. The molecular weight excluding hydrogens is 174 g/mol. The largest absolute Gasteiger partial charge is 0.390 e. The second-order valence-electron chi connectivity index (χ2n) is 5.08. The number of aliphatic hydroxyl groups is 1. The number of rotatable bonds is 4. The highest BCUT2D eigenvalue weighted by Crippen LogP contribution is 2.35. The van der Waals surface area contributed by atoms with E-state index in [1.165, 1.54) is 51.7 Å². The molecule has 2 aliphatic rings. The molecule has 0 radical (unpaired) electrons. The summed E-state index contributed by atoms with van der Waals surface area (Å²) in [6.07, 6.45) is 9.73. The Kier molecular flexibility index (Phi) is 3.45. The number of hydrogen-bond donors (Lipinski definition) is 1. The van der Waals surface area contributed by atoms with Crippen molar-refractivity contribution in [3.8, 4) is 0 Å². The normalized spacial score (nSPS) is 27.2. The molecule has 0 bridgehead atoms. The van der Waals surface area contributed by atoms with Crippen LogP contribution in [-0.2, 0) is 0 Å². The number of hydrogen-bond acceptors (Lipinski definition) is 2. The first-order valence-corrected chi connectivity index (χ1v) is 6.23. The van der Waals surface area contributed by atoms with E-state index in [2.05, 4.69) is 4.90 Å². The average molecular weight is 197 g/mol. The van der Waals surface area contributed by atoms with Crippen LogP contribution in [0.25, 0.3) is 0 Å². The van der Waals surface area contributed by atoms with Crippen molar-refractivity contribution in [2.45, 2.75) is 57.0 Å². The summed E-state index contributed by atoms with van der Waals surface area (Å²) in [6.45, 7) is 3.79. The Labute approximate surface area is 87.3 Å². The molecule has 0 aromatic heterocycles. The molecule has 1 heterocycles. The number of piperidine rings is 1. The smallest absolute Gasteiger partial charge is 0.0648 e. The molecule has 2 rings (SSSR count).